The number of ether oxygens (including phenoxy) is 2. The van der Waals surface area contributed by atoms with Gasteiger partial charge in [-0.05, 0) is 73.9 Å². The number of nitrogens with zero attached hydrogens (tertiary/aromatic N) is 4. The summed E-state index contributed by atoms with van der Waals surface area (Å²) in [5.74, 6) is 1.21. The predicted octanol–water partition coefficient (Wildman–Crippen LogP) is 4.64. The van der Waals surface area contributed by atoms with E-state index < -0.39 is 11.6 Å². The van der Waals surface area contributed by atoms with E-state index in [1.54, 1.807) is 7.11 Å². The fourth-order valence-corrected chi connectivity index (χ4v) is 9.85. The lowest BCUT2D eigenvalue weighted by atomic mass is 9.89. The van der Waals surface area contributed by atoms with Crippen molar-refractivity contribution >= 4 is 17.9 Å². The molecule has 1 amide bonds. The van der Waals surface area contributed by atoms with Gasteiger partial charge in [0, 0.05) is 69.0 Å². The Balaban J connectivity index is 1.01. The Morgan fingerprint density at radius 2 is 1.50 bits per heavy atom. The monoisotopic (exact) mass is 703 g/mol. The van der Waals surface area contributed by atoms with Crippen LogP contribution < -0.4 is 15.0 Å². The number of hydrogen-bond acceptors (Lipinski definition) is 9. The summed E-state index contributed by atoms with van der Waals surface area (Å²) in [6.45, 7) is 4.73. The van der Waals surface area contributed by atoms with Crippen molar-refractivity contribution < 1.29 is 23.9 Å². The number of rotatable bonds is 12. The van der Waals surface area contributed by atoms with Gasteiger partial charge >= 0.3 is 0 Å². The van der Waals surface area contributed by atoms with Crippen LogP contribution in [0.3, 0.4) is 0 Å². The third-order valence-corrected chi connectivity index (χ3v) is 12.5. The first-order valence-corrected chi connectivity index (χ1v) is 19.1. The fourth-order valence-electron chi connectivity index (χ4n) is 9.85. The van der Waals surface area contributed by atoms with Crippen LogP contribution in [0.1, 0.15) is 55.2 Å². The second-order valence-corrected chi connectivity index (χ2v) is 15.6. The molecule has 5 heterocycles. The van der Waals surface area contributed by atoms with Crippen molar-refractivity contribution in [3.05, 3.63) is 102 Å². The summed E-state index contributed by atoms with van der Waals surface area (Å²) in [5.41, 5.74) is 5.67. The molecule has 6 unspecified atom stereocenters. The van der Waals surface area contributed by atoms with E-state index in [2.05, 4.69) is 68.7 Å². The quantitative estimate of drug-likeness (QED) is 0.271. The molecule has 6 aliphatic rings. The third kappa shape index (κ3) is 6.09. The average Bonchev–Trinajstić information content (AvgIpc) is 4.04. The smallest absolute Gasteiger partial charge is 0.264 e. The summed E-state index contributed by atoms with van der Waals surface area (Å²) < 4.78 is 12.1. The number of fused-ring (bicyclic) bond motifs is 4. The number of methoxy groups -OCH3 is 1. The number of carbonyl (C=O) groups excluding carboxylic acids is 2. The van der Waals surface area contributed by atoms with Crippen molar-refractivity contribution in [2.24, 2.45) is 0 Å². The normalized spacial score (nSPS) is 29.4. The number of amides is 1. The van der Waals surface area contributed by atoms with Crippen LogP contribution in [0.4, 0.5) is 0 Å². The molecular formula is C42H49N5O5. The van der Waals surface area contributed by atoms with Gasteiger partial charge in [0.15, 0.2) is 11.5 Å². The van der Waals surface area contributed by atoms with Gasteiger partial charge in [0.1, 0.15) is 12.3 Å². The van der Waals surface area contributed by atoms with Crippen LogP contribution in [-0.2, 0) is 27.5 Å². The van der Waals surface area contributed by atoms with Gasteiger partial charge in [0.2, 0.25) is 5.60 Å². The van der Waals surface area contributed by atoms with Gasteiger partial charge < -0.3 is 19.2 Å². The van der Waals surface area contributed by atoms with E-state index in [4.69, 9.17) is 14.3 Å². The summed E-state index contributed by atoms with van der Waals surface area (Å²) in [4.78, 5) is 44.4. The SMILES string of the molecule is COc1ccc(C2=CC(C(=O)N3CC4CC3CN4Cc3ccccc3)(C(C=O)N3CC4CC3CN4Cc3ccccc3)ON2)cc1OC1CCCC1. The lowest BCUT2D eigenvalue weighted by molar-refractivity contribution is -0.169. The molecule has 4 saturated heterocycles. The topological polar surface area (TPSA) is 86.8 Å². The van der Waals surface area contributed by atoms with Crippen molar-refractivity contribution in [2.75, 3.05) is 33.3 Å². The number of nitrogens with one attached hydrogen (secondary N) is 1. The van der Waals surface area contributed by atoms with Crippen LogP contribution in [0.5, 0.6) is 11.5 Å². The molecule has 9 rings (SSSR count). The van der Waals surface area contributed by atoms with Gasteiger partial charge in [-0.15, -0.1) is 0 Å². The molecule has 0 aromatic heterocycles. The molecule has 3 aromatic rings. The maximum absolute atomic E-state index is 15.1. The maximum Gasteiger partial charge on any atom is 0.264 e. The van der Waals surface area contributed by atoms with E-state index in [0.29, 0.717) is 36.3 Å². The highest BCUT2D eigenvalue weighted by atomic mass is 16.7. The van der Waals surface area contributed by atoms with Crippen molar-refractivity contribution in [3.63, 3.8) is 0 Å². The molecule has 1 N–H and O–H groups in total. The number of benzene rings is 3. The number of hydrogen-bond donors (Lipinski definition) is 1. The summed E-state index contributed by atoms with van der Waals surface area (Å²) in [7, 11) is 1.65. The second kappa shape index (κ2) is 14.0. The van der Waals surface area contributed by atoms with E-state index in [1.807, 2.05) is 41.3 Å². The molecule has 10 heteroatoms. The Morgan fingerprint density at radius 3 is 2.10 bits per heavy atom. The highest BCUT2D eigenvalue weighted by Gasteiger charge is 2.60. The molecule has 6 atom stereocenters. The lowest BCUT2D eigenvalue weighted by Gasteiger charge is -2.44. The number of piperazine rings is 2. The summed E-state index contributed by atoms with van der Waals surface area (Å²) in [6.07, 6.45) is 9.27. The minimum atomic E-state index is -1.52. The number of aldehydes is 1. The molecular weight excluding hydrogens is 654 g/mol. The molecule has 5 aliphatic heterocycles. The Morgan fingerprint density at radius 1 is 0.846 bits per heavy atom. The first kappa shape index (κ1) is 33.6. The largest absolute Gasteiger partial charge is 0.493 e. The zero-order valence-corrected chi connectivity index (χ0v) is 29.9. The van der Waals surface area contributed by atoms with Crippen LogP contribution >= 0.6 is 0 Å². The van der Waals surface area contributed by atoms with E-state index in [-0.39, 0.29) is 30.1 Å². The van der Waals surface area contributed by atoms with Gasteiger partial charge in [-0.2, -0.15) is 0 Å². The molecule has 0 spiro atoms. The third-order valence-electron chi connectivity index (χ3n) is 12.5. The molecule has 1 saturated carbocycles. The van der Waals surface area contributed by atoms with E-state index in [9.17, 15) is 4.79 Å². The molecule has 3 aromatic carbocycles. The van der Waals surface area contributed by atoms with Crippen LogP contribution in [0, 0.1) is 0 Å². The maximum atomic E-state index is 15.1. The second-order valence-electron chi connectivity index (χ2n) is 15.6. The van der Waals surface area contributed by atoms with Crippen LogP contribution in [0.25, 0.3) is 5.70 Å². The summed E-state index contributed by atoms with van der Waals surface area (Å²) in [6, 6.07) is 26.9. The van der Waals surface area contributed by atoms with Crippen molar-refractivity contribution in [1.29, 1.82) is 0 Å². The highest BCUT2D eigenvalue weighted by molar-refractivity contribution is 5.95. The van der Waals surface area contributed by atoms with Crippen LogP contribution in [0.2, 0.25) is 0 Å². The molecule has 4 bridgehead atoms. The van der Waals surface area contributed by atoms with Crippen molar-refractivity contribution in [1.82, 2.24) is 25.1 Å². The standard InChI is InChI=1S/C42H49N5O5/c1-50-38-17-16-31(18-39(38)51-36-14-8-9-15-36)37-21-42(52-43-37,41(49)47-27-33-20-35(47)25-45(33)23-30-12-6-3-7-13-30)40(28-48)46-26-32-19-34(46)24-44(32)22-29-10-4-2-5-11-29/h2-7,10-13,16-18,21,28,32-36,40,43H,8-9,14-15,19-20,22-27H2,1H3. The van der Waals surface area contributed by atoms with E-state index in [0.717, 1.165) is 76.6 Å². The van der Waals surface area contributed by atoms with Gasteiger partial charge in [-0.3, -0.25) is 29.8 Å². The van der Waals surface area contributed by atoms with E-state index in [1.165, 1.54) is 11.1 Å². The van der Waals surface area contributed by atoms with Crippen LogP contribution in [0.15, 0.2) is 84.9 Å². The predicted molar refractivity (Wildman–Crippen MR) is 197 cm³/mol. The van der Waals surface area contributed by atoms with Crippen LogP contribution in [-0.4, -0.2) is 107 Å². The van der Waals surface area contributed by atoms with Gasteiger partial charge in [0.25, 0.3) is 5.91 Å². The molecule has 1 aliphatic carbocycles. The summed E-state index contributed by atoms with van der Waals surface area (Å²) >= 11 is 0. The molecule has 272 valence electrons. The first-order chi connectivity index (χ1) is 25.5. The minimum Gasteiger partial charge on any atom is -0.493 e. The Hall–Kier alpha value is -4.22. The minimum absolute atomic E-state index is 0.0650. The van der Waals surface area contributed by atoms with Gasteiger partial charge in [0.05, 0.1) is 18.9 Å². The Kier molecular flexibility index (Phi) is 9.03. The van der Waals surface area contributed by atoms with Gasteiger partial charge in [-0.1, -0.05) is 60.7 Å². The number of hydroxylamine groups is 1. The molecule has 10 nitrogen and oxygen atoms in total. The first-order valence-electron chi connectivity index (χ1n) is 19.1. The Labute approximate surface area is 306 Å². The van der Waals surface area contributed by atoms with Crippen molar-refractivity contribution in [2.45, 2.75) is 93.5 Å². The molecule has 0 radical (unpaired) electrons. The lowest BCUT2D eigenvalue weighted by Crippen LogP contribution is -2.66. The molecule has 5 fully saturated rings. The molecule has 52 heavy (non-hydrogen) atoms. The zero-order chi connectivity index (χ0) is 35.2. The highest BCUT2D eigenvalue weighted by Crippen LogP contribution is 2.43. The van der Waals surface area contributed by atoms with Crippen molar-refractivity contribution in [3.8, 4) is 11.5 Å². The van der Waals surface area contributed by atoms with Gasteiger partial charge in [-0.25, -0.2) is 0 Å². The Bertz CT molecular complexity index is 1800. The fraction of sp³-hybridized carbons (Fsp3) is 0.476. The number of likely N-dealkylation sites (tertiary alicyclic amines) is 4. The number of carbonyl (C=O) groups is 2. The summed E-state index contributed by atoms with van der Waals surface area (Å²) in [5, 5.41) is 0. The average molecular weight is 704 g/mol. The van der Waals surface area contributed by atoms with E-state index >= 15 is 4.79 Å². The zero-order valence-electron chi connectivity index (χ0n) is 29.9.